The summed E-state index contributed by atoms with van der Waals surface area (Å²) in [7, 11) is 0. The summed E-state index contributed by atoms with van der Waals surface area (Å²) in [6.45, 7) is 10.9. The zero-order valence-electron chi connectivity index (χ0n) is 35.3. The number of benzene rings is 8. The van der Waals surface area contributed by atoms with Crippen LogP contribution in [0.15, 0.2) is 200 Å². The van der Waals surface area contributed by atoms with E-state index < -0.39 is 0 Å². The van der Waals surface area contributed by atoms with Gasteiger partial charge in [0, 0.05) is 51.2 Å². The van der Waals surface area contributed by atoms with Crippen LogP contribution in [-0.4, -0.2) is 0 Å². The van der Waals surface area contributed by atoms with Gasteiger partial charge in [-0.15, -0.1) is 0 Å². The molecule has 0 N–H and O–H groups in total. The van der Waals surface area contributed by atoms with Gasteiger partial charge < -0.3 is 14.7 Å². The monoisotopic (exact) mass is 779 g/mol. The van der Waals surface area contributed by atoms with E-state index in [2.05, 4.69) is 262 Å². The summed E-state index contributed by atoms with van der Waals surface area (Å²) in [5.41, 5.74) is 17.4. The standard InChI is InChI=1S/C57H53N3/c1-6-45(5)48-24-20-46(21-25-48)18-19-47-22-32-53(33-23-47)59(51-28-14-43(3)15-29-51)55-38-40-57(41-39-55)60(52-30-16-44(4)17-31-52)56-36-34-54(35-37-56)58(49-10-8-7-9-11-49)50-26-12-42(2)13-27-50/h7-41,45H,6H2,1-5H3. The Balaban J connectivity index is 1.11. The fourth-order valence-corrected chi connectivity index (χ4v) is 7.60. The van der Waals surface area contributed by atoms with E-state index in [0.717, 1.165) is 63.2 Å². The van der Waals surface area contributed by atoms with Crippen LogP contribution in [0.2, 0.25) is 0 Å². The number of nitrogens with zero attached hydrogens (tertiary/aromatic N) is 3. The fourth-order valence-electron chi connectivity index (χ4n) is 7.60. The molecule has 8 rings (SSSR count). The Morgan fingerprint density at radius 1 is 0.333 bits per heavy atom. The van der Waals surface area contributed by atoms with Crippen molar-refractivity contribution in [3.05, 3.63) is 234 Å². The Hall–Kier alpha value is -7.10. The van der Waals surface area contributed by atoms with Gasteiger partial charge in [-0.1, -0.05) is 134 Å². The Labute approximate surface area is 357 Å². The van der Waals surface area contributed by atoms with Gasteiger partial charge in [-0.3, -0.25) is 0 Å². The van der Waals surface area contributed by atoms with Crippen LogP contribution >= 0.6 is 0 Å². The molecule has 8 aromatic carbocycles. The Morgan fingerprint density at radius 2 is 0.583 bits per heavy atom. The second-order valence-corrected chi connectivity index (χ2v) is 15.8. The third-order valence-corrected chi connectivity index (χ3v) is 11.4. The molecule has 1 unspecified atom stereocenters. The van der Waals surface area contributed by atoms with E-state index in [0.29, 0.717) is 5.92 Å². The normalized spacial score (nSPS) is 11.7. The van der Waals surface area contributed by atoms with Crippen molar-refractivity contribution in [3.8, 4) is 0 Å². The highest BCUT2D eigenvalue weighted by molar-refractivity contribution is 5.84. The van der Waals surface area contributed by atoms with Crippen LogP contribution in [0.5, 0.6) is 0 Å². The summed E-state index contributed by atoms with van der Waals surface area (Å²) in [5, 5.41) is 0. The molecule has 0 aliphatic carbocycles. The highest BCUT2D eigenvalue weighted by Gasteiger charge is 2.18. The smallest absolute Gasteiger partial charge is 0.0463 e. The minimum Gasteiger partial charge on any atom is -0.311 e. The summed E-state index contributed by atoms with van der Waals surface area (Å²) in [4.78, 5) is 6.97. The highest BCUT2D eigenvalue weighted by Crippen LogP contribution is 2.41. The maximum atomic E-state index is 2.33. The molecule has 0 bridgehead atoms. The van der Waals surface area contributed by atoms with Crippen LogP contribution in [0, 0.1) is 20.8 Å². The number of anilines is 9. The van der Waals surface area contributed by atoms with Gasteiger partial charge in [-0.05, 0) is 159 Å². The van der Waals surface area contributed by atoms with Crippen molar-refractivity contribution >= 4 is 63.3 Å². The number of rotatable bonds is 13. The van der Waals surface area contributed by atoms with Gasteiger partial charge in [0.05, 0.1) is 0 Å². The molecule has 0 spiro atoms. The van der Waals surface area contributed by atoms with E-state index in [1.54, 1.807) is 0 Å². The van der Waals surface area contributed by atoms with E-state index in [1.165, 1.54) is 27.8 Å². The lowest BCUT2D eigenvalue weighted by atomic mass is 9.97. The Morgan fingerprint density at radius 3 is 0.883 bits per heavy atom. The summed E-state index contributed by atoms with van der Waals surface area (Å²) in [6, 6.07) is 72.5. The largest absolute Gasteiger partial charge is 0.311 e. The molecular weight excluding hydrogens is 727 g/mol. The second-order valence-electron chi connectivity index (χ2n) is 15.8. The van der Waals surface area contributed by atoms with E-state index >= 15 is 0 Å². The van der Waals surface area contributed by atoms with Crippen molar-refractivity contribution < 1.29 is 0 Å². The van der Waals surface area contributed by atoms with Crippen molar-refractivity contribution in [2.75, 3.05) is 14.7 Å². The van der Waals surface area contributed by atoms with Crippen molar-refractivity contribution in [2.45, 2.75) is 47.0 Å². The van der Waals surface area contributed by atoms with Crippen LogP contribution in [-0.2, 0) is 0 Å². The van der Waals surface area contributed by atoms with Gasteiger partial charge >= 0.3 is 0 Å². The molecule has 0 amide bonds. The summed E-state index contributed by atoms with van der Waals surface area (Å²) < 4.78 is 0. The quantitative estimate of drug-likeness (QED) is 0.108. The minimum absolute atomic E-state index is 0.579. The van der Waals surface area contributed by atoms with Crippen molar-refractivity contribution in [3.63, 3.8) is 0 Å². The summed E-state index contributed by atoms with van der Waals surface area (Å²) in [5.74, 6) is 0.579. The lowest BCUT2D eigenvalue weighted by Gasteiger charge is -2.29. The molecular formula is C57H53N3. The van der Waals surface area contributed by atoms with E-state index in [4.69, 9.17) is 0 Å². The lowest BCUT2D eigenvalue weighted by molar-refractivity contribution is 0.733. The molecule has 3 nitrogen and oxygen atoms in total. The molecule has 60 heavy (non-hydrogen) atoms. The Bertz CT molecular complexity index is 2610. The zero-order chi connectivity index (χ0) is 41.4. The summed E-state index contributed by atoms with van der Waals surface area (Å²) >= 11 is 0. The molecule has 0 aliphatic heterocycles. The van der Waals surface area contributed by atoms with Crippen LogP contribution in [0.4, 0.5) is 51.2 Å². The molecule has 0 aliphatic rings. The van der Waals surface area contributed by atoms with Crippen LogP contribution in [0.3, 0.4) is 0 Å². The first-order chi connectivity index (χ1) is 29.3. The van der Waals surface area contributed by atoms with Crippen LogP contribution in [0.25, 0.3) is 12.2 Å². The number of hydrogen-bond donors (Lipinski definition) is 0. The molecule has 296 valence electrons. The third-order valence-electron chi connectivity index (χ3n) is 11.4. The first kappa shape index (κ1) is 39.7. The van der Waals surface area contributed by atoms with E-state index in [-0.39, 0.29) is 0 Å². The zero-order valence-corrected chi connectivity index (χ0v) is 35.3. The number of para-hydroxylation sites is 1. The highest BCUT2D eigenvalue weighted by atomic mass is 15.2. The van der Waals surface area contributed by atoms with E-state index in [9.17, 15) is 0 Å². The molecule has 0 heterocycles. The van der Waals surface area contributed by atoms with Gasteiger partial charge in [-0.25, -0.2) is 0 Å². The molecule has 8 aromatic rings. The molecule has 3 heteroatoms. The predicted octanol–water partition coefficient (Wildman–Crippen LogP) is 16.7. The number of aryl methyl sites for hydroxylation is 3. The molecule has 0 aromatic heterocycles. The molecule has 0 saturated heterocycles. The van der Waals surface area contributed by atoms with Crippen LogP contribution in [0.1, 0.15) is 59.6 Å². The van der Waals surface area contributed by atoms with Gasteiger partial charge in [0.15, 0.2) is 0 Å². The molecule has 0 radical (unpaired) electrons. The van der Waals surface area contributed by atoms with Crippen molar-refractivity contribution in [2.24, 2.45) is 0 Å². The minimum atomic E-state index is 0.579. The third kappa shape index (κ3) is 9.12. The molecule has 0 fully saturated rings. The lowest BCUT2D eigenvalue weighted by Crippen LogP contribution is -2.13. The average molecular weight is 780 g/mol. The maximum absolute atomic E-state index is 2.33. The Kier molecular flexibility index (Phi) is 12.1. The topological polar surface area (TPSA) is 9.72 Å². The van der Waals surface area contributed by atoms with Gasteiger partial charge in [-0.2, -0.15) is 0 Å². The average Bonchev–Trinajstić information content (AvgIpc) is 3.29. The molecule has 0 saturated carbocycles. The van der Waals surface area contributed by atoms with Gasteiger partial charge in [0.2, 0.25) is 0 Å². The van der Waals surface area contributed by atoms with Gasteiger partial charge in [0.25, 0.3) is 0 Å². The first-order valence-corrected chi connectivity index (χ1v) is 21.1. The molecule has 1 atom stereocenters. The maximum Gasteiger partial charge on any atom is 0.0463 e. The van der Waals surface area contributed by atoms with Crippen molar-refractivity contribution in [1.82, 2.24) is 0 Å². The number of hydrogen-bond acceptors (Lipinski definition) is 3. The fraction of sp³-hybridized carbons (Fsp3) is 0.123. The SMILES string of the molecule is CCC(C)c1ccc(C=Cc2ccc(N(c3ccc(C)cc3)c3ccc(N(c4ccc(C)cc4)c4ccc(N(c5ccccc5)c5ccc(C)cc5)cc4)cc3)cc2)cc1. The van der Waals surface area contributed by atoms with Gasteiger partial charge in [0.1, 0.15) is 0 Å². The van der Waals surface area contributed by atoms with E-state index in [1.807, 2.05) is 0 Å². The first-order valence-electron chi connectivity index (χ1n) is 21.1. The van der Waals surface area contributed by atoms with Crippen molar-refractivity contribution in [1.29, 1.82) is 0 Å². The summed E-state index contributed by atoms with van der Waals surface area (Å²) in [6.07, 6.45) is 5.54. The van der Waals surface area contributed by atoms with Crippen LogP contribution < -0.4 is 14.7 Å². The second kappa shape index (κ2) is 18.2. The predicted molar refractivity (Wildman–Crippen MR) is 259 cm³/mol.